The van der Waals surface area contributed by atoms with Crippen LogP contribution in [0.25, 0.3) is 10.9 Å². The number of nitrogens with zero attached hydrogens (tertiary/aromatic N) is 2. The van der Waals surface area contributed by atoms with Gasteiger partial charge in [0, 0.05) is 35.0 Å². The topological polar surface area (TPSA) is 29.9 Å². The van der Waals surface area contributed by atoms with Gasteiger partial charge in [0.1, 0.15) is 0 Å². The molecule has 2 aromatic heterocycles. The maximum absolute atomic E-state index is 4.21. The molecule has 0 amide bonds. The molecule has 3 nitrogen and oxygen atoms in total. The number of pyridine rings is 1. The average molecular weight is 331 g/mol. The van der Waals surface area contributed by atoms with E-state index in [1.807, 2.05) is 25.3 Å². The molecule has 0 saturated carbocycles. The van der Waals surface area contributed by atoms with Crippen LogP contribution in [0, 0.1) is 18.8 Å². The summed E-state index contributed by atoms with van der Waals surface area (Å²) in [4.78, 5) is 4.21. The summed E-state index contributed by atoms with van der Waals surface area (Å²) < 4.78 is 2.30. The van der Waals surface area contributed by atoms with Crippen LogP contribution >= 0.6 is 0 Å². The molecule has 3 rings (SSSR count). The van der Waals surface area contributed by atoms with Crippen LogP contribution in [0.3, 0.4) is 0 Å². The summed E-state index contributed by atoms with van der Waals surface area (Å²) in [5.41, 5.74) is 5.86. The van der Waals surface area contributed by atoms with Gasteiger partial charge in [-0.3, -0.25) is 4.98 Å². The van der Waals surface area contributed by atoms with Crippen LogP contribution in [0.1, 0.15) is 37.2 Å². The molecule has 1 aromatic carbocycles. The van der Waals surface area contributed by atoms with Crippen molar-refractivity contribution in [1.82, 2.24) is 9.55 Å². The summed E-state index contributed by atoms with van der Waals surface area (Å²) in [6.45, 7) is 7.94. The highest BCUT2D eigenvalue weighted by Gasteiger charge is 2.08. The molecule has 1 N–H and O–H groups in total. The molecule has 2 heterocycles. The molecule has 0 saturated heterocycles. The Morgan fingerprint density at radius 2 is 2.04 bits per heavy atom. The Morgan fingerprint density at radius 1 is 1.16 bits per heavy atom. The highest BCUT2D eigenvalue weighted by atomic mass is 15.0. The fourth-order valence-electron chi connectivity index (χ4n) is 3.21. The number of hydrogen-bond acceptors (Lipinski definition) is 2. The van der Waals surface area contributed by atoms with Crippen molar-refractivity contribution in [3.8, 4) is 11.8 Å². The van der Waals surface area contributed by atoms with E-state index >= 15 is 0 Å². The van der Waals surface area contributed by atoms with Crippen LogP contribution in [0.2, 0.25) is 0 Å². The molecule has 3 aromatic rings. The second-order valence-electron chi connectivity index (χ2n) is 6.22. The third kappa shape index (κ3) is 3.85. The van der Waals surface area contributed by atoms with Crippen molar-refractivity contribution in [2.24, 2.45) is 0 Å². The highest BCUT2D eigenvalue weighted by Crippen LogP contribution is 2.24. The molecular formula is C22H25N3. The van der Waals surface area contributed by atoms with Gasteiger partial charge in [0.05, 0.1) is 12.2 Å². The molecule has 0 unspecified atom stereocenters. The molecule has 128 valence electrons. The zero-order valence-electron chi connectivity index (χ0n) is 15.3. The molecule has 3 heteroatoms. The van der Waals surface area contributed by atoms with Gasteiger partial charge in [-0.2, -0.15) is 0 Å². The summed E-state index contributed by atoms with van der Waals surface area (Å²) >= 11 is 0. The standard InChI is InChI=1S/C22H25N3/c1-4-8-18-9-6-11-22-21(18)16-20(25(22)5-2)10-7-13-24-19-12-14-23-17(3)15-19/h6,9,11-12,14-16H,4-5,8,13H2,1-3H3,(H,23,24). The van der Waals surface area contributed by atoms with Gasteiger partial charge in [-0.15, -0.1) is 0 Å². The molecule has 25 heavy (non-hydrogen) atoms. The summed E-state index contributed by atoms with van der Waals surface area (Å²) in [5, 5.41) is 4.68. The van der Waals surface area contributed by atoms with Crippen molar-refractivity contribution in [1.29, 1.82) is 0 Å². The molecule has 0 spiro atoms. The second kappa shape index (κ2) is 7.90. The first-order chi connectivity index (χ1) is 12.2. The first-order valence-electron chi connectivity index (χ1n) is 8.99. The molecule has 0 aliphatic carbocycles. The minimum Gasteiger partial charge on any atom is -0.374 e. The monoisotopic (exact) mass is 331 g/mol. The highest BCUT2D eigenvalue weighted by molar-refractivity contribution is 5.85. The van der Waals surface area contributed by atoms with Gasteiger partial charge in [-0.05, 0) is 56.0 Å². The molecule has 0 fully saturated rings. The normalized spacial score (nSPS) is 10.5. The van der Waals surface area contributed by atoms with E-state index in [1.54, 1.807) is 0 Å². The predicted molar refractivity (Wildman–Crippen MR) is 106 cm³/mol. The first kappa shape index (κ1) is 17.1. The lowest BCUT2D eigenvalue weighted by molar-refractivity contribution is 0.787. The van der Waals surface area contributed by atoms with Crippen LogP contribution < -0.4 is 5.32 Å². The quantitative estimate of drug-likeness (QED) is 0.682. The first-order valence-corrected chi connectivity index (χ1v) is 8.99. The van der Waals surface area contributed by atoms with E-state index in [0.29, 0.717) is 6.54 Å². The molecule has 0 bridgehead atoms. The second-order valence-corrected chi connectivity index (χ2v) is 6.22. The summed E-state index contributed by atoms with van der Waals surface area (Å²) in [6.07, 6.45) is 4.09. The lowest BCUT2D eigenvalue weighted by Gasteiger charge is -2.05. The Balaban J connectivity index is 1.83. The van der Waals surface area contributed by atoms with Crippen molar-refractivity contribution in [3.05, 3.63) is 59.5 Å². The van der Waals surface area contributed by atoms with E-state index in [2.05, 4.69) is 64.8 Å². The number of aromatic nitrogens is 2. The van der Waals surface area contributed by atoms with E-state index in [1.165, 1.54) is 16.5 Å². The average Bonchev–Trinajstić information content (AvgIpc) is 2.97. The van der Waals surface area contributed by atoms with E-state index in [-0.39, 0.29) is 0 Å². The predicted octanol–water partition coefficient (Wildman–Crippen LogP) is 4.78. The number of rotatable bonds is 5. The molecule has 0 radical (unpaired) electrons. The van der Waals surface area contributed by atoms with E-state index in [0.717, 1.165) is 36.5 Å². The minimum absolute atomic E-state index is 0.622. The number of nitrogens with one attached hydrogen (secondary N) is 1. The van der Waals surface area contributed by atoms with Gasteiger partial charge in [0.15, 0.2) is 0 Å². The SMILES string of the molecule is CCCc1cccc2c1cc(C#CCNc1ccnc(C)c1)n2CC. The maximum Gasteiger partial charge on any atom is 0.0931 e. The number of fused-ring (bicyclic) bond motifs is 1. The largest absolute Gasteiger partial charge is 0.374 e. The number of anilines is 1. The Labute approximate surface area is 150 Å². The molecule has 0 atom stereocenters. The van der Waals surface area contributed by atoms with E-state index < -0.39 is 0 Å². The lowest BCUT2D eigenvalue weighted by Crippen LogP contribution is -2.00. The van der Waals surface area contributed by atoms with Crippen molar-refractivity contribution in [3.63, 3.8) is 0 Å². The Bertz CT molecular complexity index is 925. The Hall–Kier alpha value is -2.73. The van der Waals surface area contributed by atoms with Gasteiger partial charge >= 0.3 is 0 Å². The summed E-state index contributed by atoms with van der Waals surface area (Å²) in [6, 6.07) is 12.8. The summed E-state index contributed by atoms with van der Waals surface area (Å²) in [7, 11) is 0. The van der Waals surface area contributed by atoms with Crippen molar-refractivity contribution in [2.45, 2.75) is 40.2 Å². The van der Waals surface area contributed by atoms with Crippen molar-refractivity contribution in [2.75, 3.05) is 11.9 Å². The lowest BCUT2D eigenvalue weighted by atomic mass is 10.1. The van der Waals surface area contributed by atoms with Crippen LogP contribution in [0.5, 0.6) is 0 Å². The number of aryl methyl sites for hydroxylation is 3. The van der Waals surface area contributed by atoms with E-state index in [9.17, 15) is 0 Å². The van der Waals surface area contributed by atoms with Crippen LogP contribution in [-0.2, 0) is 13.0 Å². The third-order valence-corrected chi connectivity index (χ3v) is 4.37. The molecular weight excluding hydrogens is 306 g/mol. The van der Waals surface area contributed by atoms with Crippen LogP contribution in [0.15, 0.2) is 42.6 Å². The van der Waals surface area contributed by atoms with Gasteiger partial charge in [0.25, 0.3) is 0 Å². The summed E-state index contributed by atoms with van der Waals surface area (Å²) in [5.74, 6) is 6.60. The van der Waals surface area contributed by atoms with E-state index in [4.69, 9.17) is 0 Å². The van der Waals surface area contributed by atoms with Crippen LogP contribution in [-0.4, -0.2) is 16.1 Å². The molecule has 0 aliphatic heterocycles. The van der Waals surface area contributed by atoms with Crippen LogP contribution in [0.4, 0.5) is 5.69 Å². The maximum atomic E-state index is 4.21. The van der Waals surface area contributed by atoms with Gasteiger partial charge in [0.2, 0.25) is 0 Å². The van der Waals surface area contributed by atoms with Gasteiger partial charge in [-0.1, -0.05) is 31.4 Å². The number of benzene rings is 1. The van der Waals surface area contributed by atoms with Gasteiger partial charge in [-0.25, -0.2) is 0 Å². The Kier molecular flexibility index (Phi) is 5.40. The minimum atomic E-state index is 0.622. The smallest absolute Gasteiger partial charge is 0.0931 e. The number of hydrogen-bond donors (Lipinski definition) is 1. The van der Waals surface area contributed by atoms with Crippen molar-refractivity contribution >= 4 is 16.6 Å². The fraction of sp³-hybridized carbons (Fsp3) is 0.318. The Morgan fingerprint density at radius 3 is 2.80 bits per heavy atom. The van der Waals surface area contributed by atoms with Crippen molar-refractivity contribution < 1.29 is 0 Å². The third-order valence-electron chi connectivity index (χ3n) is 4.37. The van der Waals surface area contributed by atoms with Gasteiger partial charge < -0.3 is 9.88 Å². The molecule has 0 aliphatic rings. The zero-order valence-corrected chi connectivity index (χ0v) is 15.3. The zero-order chi connectivity index (χ0) is 17.6. The fourth-order valence-corrected chi connectivity index (χ4v) is 3.21.